The maximum Gasteiger partial charge on any atom is 0.194 e. The van der Waals surface area contributed by atoms with Crippen LogP contribution in [0.2, 0.25) is 0 Å². The highest BCUT2D eigenvalue weighted by Crippen LogP contribution is 2.28. The van der Waals surface area contributed by atoms with Gasteiger partial charge in [0, 0.05) is 7.05 Å². The summed E-state index contributed by atoms with van der Waals surface area (Å²) in [5.74, 6) is -3.94. The van der Waals surface area contributed by atoms with E-state index in [-0.39, 0.29) is 5.56 Å². The molecule has 108 valence electrons. The number of aryl methyl sites for hydroxylation is 1. The molecule has 0 saturated carbocycles. The molecule has 1 aromatic heterocycles. The van der Waals surface area contributed by atoms with Gasteiger partial charge in [0.15, 0.2) is 22.1 Å². The van der Waals surface area contributed by atoms with Crippen molar-refractivity contribution in [2.75, 3.05) is 6.54 Å². The van der Waals surface area contributed by atoms with Crippen molar-refractivity contribution in [3.8, 4) is 0 Å². The lowest BCUT2D eigenvalue weighted by atomic mass is 10.0. The monoisotopic (exact) mass is 348 g/mol. The molecule has 4 nitrogen and oxygen atoms in total. The Balaban J connectivity index is 2.54. The van der Waals surface area contributed by atoms with E-state index in [9.17, 15) is 13.2 Å². The van der Waals surface area contributed by atoms with Crippen LogP contribution in [-0.4, -0.2) is 21.5 Å². The lowest BCUT2D eigenvalue weighted by Crippen LogP contribution is -2.25. The van der Waals surface area contributed by atoms with E-state index in [1.165, 1.54) is 4.68 Å². The molecule has 0 amide bonds. The van der Waals surface area contributed by atoms with Crippen LogP contribution in [0, 0.1) is 17.5 Å². The zero-order chi connectivity index (χ0) is 14.9. The molecule has 0 aliphatic rings. The summed E-state index contributed by atoms with van der Waals surface area (Å²) in [6, 6.07) is 1.37. The fraction of sp³-hybridized carbons (Fsp3) is 0.333. The van der Waals surface area contributed by atoms with Crippen molar-refractivity contribution < 1.29 is 13.2 Å². The van der Waals surface area contributed by atoms with E-state index in [4.69, 9.17) is 0 Å². The molecule has 1 heterocycles. The number of nitrogens with one attached hydrogen (secondary N) is 1. The van der Waals surface area contributed by atoms with E-state index < -0.39 is 23.5 Å². The SMILES string of the molecule is CCNC(c1cc(F)c(F)c(F)c1)c1c(Br)nnn1C. The summed E-state index contributed by atoms with van der Waals surface area (Å²) in [5.41, 5.74) is 0.853. The smallest absolute Gasteiger partial charge is 0.194 e. The van der Waals surface area contributed by atoms with Gasteiger partial charge in [0.05, 0.1) is 11.7 Å². The van der Waals surface area contributed by atoms with E-state index in [0.29, 0.717) is 16.8 Å². The van der Waals surface area contributed by atoms with E-state index >= 15 is 0 Å². The molecule has 1 atom stereocenters. The number of halogens is 4. The van der Waals surface area contributed by atoms with Crippen LogP contribution in [-0.2, 0) is 7.05 Å². The number of benzene rings is 1. The van der Waals surface area contributed by atoms with Gasteiger partial charge in [-0.3, -0.25) is 0 Å². The summed E-state index contributed by atoms with van der Waals surface area (Å²) in [4.78, 5) is 0. The van der Waals surface area contributed by atoms with Crippen molar-refractivity contribution in [1.82, 2.24) is 20.3 Å². The van der Waals surface area contributed by atoms with Gasteiger partial charge in [-0.15, -0.1) is 5.10 Å². The highest BCUT2D eigenvalue weighted by Gasteiger charge is 2.23. The second kappa shape index (κ2) is 5.92. The molecule has 2 rings (SSSR count). The van der Waals surface area contributed by atoms with Crippen LogP contribution in [0.15, 0.2) is 16.7 Å². The fourth-order valence-corrected chi connectivity index (χ4v) is 2.52. The second-order valence-corrected chi connectivity index (χ2v) is 4.93. The number of hydrogen-bond acceptors (Lipinski definition) is 3. The van der Waals surface area contributed by atoms with Crippen LogP contribution < -0.4 is 5.32 Å². The molecule has 0 aliphatic carbocycles. The molecule has 0 bridgehead atoms. The summed E-state index contributed by atoms with van der Waals surface area (Å²) >= 11 is 3.24. The third kappa shape index (κ3) is 2.71. The Labute approximate surface area is 122 Å². The minimum absolute atomic E-state index is 0.259. The van der Waals surface area contributed by atoms with Gasteiger partial charge >= 0.3 is 0 Å². The summed E-state index contributed by atoms with van der Waals surface area (Å²) in [6.45, 7) is 2.39. The first-order valence-electron chi connectivity index (χ1n) is 5.88. The standard InChI is InChI=1S/C12H12BrF3N4/c1-3-17-10(11-12(13)18-19-20(11)2)6-4-7(14)9(16)8(15)5-6/h4-5,10,17H,3H2,1-2H3. The summed E-state index contributed by atoms with van der Waals surface area (Å²) in [7, 11) is 1.66. The van der Waals surface area contributed by atoms with Crippen LogP contribution in [0.4, 0.5) is 13.2 Å². The van der Waals surface area contributed by atoms with Crippen LogP contribution in [0.3, 0.4) is 0 Å². The zero-order valence-corrected chi connectivity index (χ0v) is 12.4. The Morgan fingerprint density at radius 3 is 2.35 bits per heavy atom. The van der Waals surface area contributed by atoms with Crippen LogP contribution in [0.1, 0.15) is 24.2 Å². The Morgan fingerprint density at radius 1 is 1.30 bits per heavy atom. The predicted molar refractivity (Wildman–Crippen MR) is 70.5 cm³/mol. The first-order chi connectivity index (χ1) is 9.45. The molecular weight excluding hydrogens is 337 g/mol. The first-order valence-corrected chi connectivity index (χ1v) is 6.67. The predicted octanol–water partition coefficient (Wildman–Crippen LogP) is 2.69. The summed E-state index contributed by atoms with van der Waals surface area (Å²) in [5, 5.41) is 10.7. The highest BCUT2D eigenvalue weighted by atomic mass is 79.9. The van der Waals surface area contributed by atoms with Gasteiger partial charge in [0.25, 0.3) is 0 Å². The van der Waals surface area contributed by atoms with Gasteiger partial charge in [0.1, 0.15) is 0 Å². The molecule has 0 spiro atoms. The lowest BCUT2D eigenvalue weighted by molar-refractivity contribution is 0.441. The molecule has 0 radical (unpaired) electrons. The molecule has 20 heavy (non-hydrogen) atoms. The van der Waals surface area contributed by atoms with Crippen molar-refractivity contribution in [2.24, 2.45) is 7.05 Å². The van der Waals surface area contributed by atoms with Crippen molar-refractivity contribution in [2.45, 2.75) is 13.0 Å². The summed E-state index contributed by atoms with van der Waals surface area (Å²) < 4.78 is 41.8. The second-order valence-electron chi connectivity index (χ2n) is 4.18. The number of hydrogen-bond donors (Lipinski definition) is 1. The molecule has 1 aromatic carbocycles. The Bertz CT molecular complexity index is 587. The molecule has 8 heteroatoms. The van der Waals surface area contributed by atoms with E-state index in [1.54, 1.807) is 7.05 Å². The van der Waals surface area contributed by atoms with Gasteiger partial charge in [-0.1, -0.05) is 12.1 Å². The van der Waals surface area contributed by atoms with E-state index in [1.807, 2.05) is 6.92 Å². The van der Waals surface area contributed by atoms with E-state index in [0.717, 1.165) is 12.1 Å². The largest absolute Gasteiger partial charge is 0.305 e. The first kappa shape index (κ1) is 15.0. The molecule has 1 N–H and O–H groups in total. The topological polar surface area (TPSA) is 42.7 Å². The Kier molecular flexibility index (Phi) is 4.44. The van der Waals surface area contributed by atoms with Gasteiger partial charge in [0.2, 0.25) is 0 Å². The van der Waals surface area contributed by atoms with Crippen LogP contribution in [0.5, 0.6) is 0 Å². The van der Waals surface area contributed by atoms with Crippen molar-refractivity contribution in [3.63, 3.8) is 0 Å². The maximum atomic E-state index is 13.4. The van der Waals surface area contributed by atoms with Gasteiger partial charge in [-0.25, -0.2) is 17.9 Å². The molecule has 0 aliphatic heterocycles. The van der Waals surface area contributed by atoms with Crippen molar-refractivity contribution in [3.05, 3.63) is 45.4 Å². The Morgan fingerprint density at radius 2 is 1.90 bits per heavy atom. The zero-order valence-electron chi connectivity index (χ0n) is 10.8. The number of aromatic nitrogens is 3. The molecule has 0 saturated heterocycles. The normalized spacial score (nSPS) is 12.7. The van der Waals surface area contributed by atoms with Crippen LogP contribution in [0.25, 0.3) is 0 Å². The van der Waals surface area contributed by atoms with Gasteiger partial charge in [-0.05, 0) is 40.2 Å². The quantitative estimate of drug-likeness (QED) is 0.864. The minimum Gasteiger partial charge on any atom is -0.305 e. The van der Waals surface area contributed by atoms with E-state index in [2.05, 4.69) is 31.6 Å². The lowest BCUT2D eigenvalue weighted by Gasteiger charge is -2.19. The van der Waals surface area contributed by atoms with Gasteiger partial charge < -0.3 is 5.32 Å². The average Bonchev–Trinajstić information content (AvgIpc) is 2.72. The third-order valence-electron chi connectivity index (χ3n) is 2.85. The number of nitrogens with zero attached hydrogens (tertiary/aromatic N) is 3. The average molecular weight is 349 g/mol. The maximum absolute atomic E-state index is 13.4. The molecular formula is C12H12BrF3N4. The summed E-state index contributed by atoms with van der Waals surface area (Å²) in [6.07, 6.45) is 0. The molecule has 1 unspecified atom stereocenters. The minimum atomic E-state index is -1.48. The van der Waals surface area contributed by atoms with Gasteiger partial charge in [-0.2, -0.15) is 0 Å². The van der Waals surface area contributed by atoms with Crippen molar-refractivity contribution in [1.29, 1.82) is 0 Å². The number of rotatable bonds is 4. The Hall–Kier alpha value is -1.41. The third-order valence-corrected chi connectivity index (χ3v) is 3.41. The molecule has 2 aromatic rings. The fourth-order valence-electron chi connectivity index (χ4n) is 1.96. The highest BCUT2D eigenvalue weighted by molar-refractivity contribution is 9.10. The van der Waals surface area contributed by atoms with Crippen molar-refractivity contribution >= 4 is 15.9 Å². The molecule has 0 fully saturated rings. The van der Waals surface area contributed by atoms with Crippen LogP contribution >= 0.6 is 15.9 Å².